The molecule has 1 aliphatic rings. The lowest BCUT2D eigenvalue weighted by molar-refractivity contribution is 0.102. The van der Waals surface area contributed by atoms with E-state index in [1.807, 2.05) is 24.3 Å². The molecule has 1 N–H and O–H groups in total. The van der Waals surface area contributed by atoms with E-state index in [0.29, 0.717) is 11.3 Å². The minimum atomic E-state index is -3.52. The summed E-state index contributed by atoms with van der Waals surface area (Å²) >= 11 is 0. The van der Waals surface area contributed by atoms with Crippen LogP contribution in [0.15, 0.2) is 53.4 Å². The van der Waals surface area contributed by atoms with E-state index in [1.54, 1.807) is 0 Å². The number of hydrogen-bond donors (Lipinski definition) is 1. The van der Waals surface area contributed by atoms with E-state index in [9.17, 15) is 13.2 Å². The van der Waals surface area contributed by atoms with Gasteiger partial charge in [0.25, 0.3) is 5.91 Å². The third kappa shape index (κ3) is 4.38. The molecule has 0 spiro atoms. The van der Waals surface area contributed by atoms with Gasteiger partial charge in [0.05, 0.1) is 4.90 Å². The van der Waals surface area contributed by atoms with Gasteiger partial charge in [-0.1, -0.05) is 6.42 Å². The van der Waals surface area contributed by atoms with Crippen molar-refractivity contribution in [2.24, 2.45) is 0 Å². The van der Waals surface area contributed by atoms with Crippen molar-refractivity contribution in [3.63, 3.8) is 0 Å². The van der Waals surface area contributed by atoms with Crippen molar-refractivity contribution < 1.29 is 13.2 Å². The van der Waals surface area contributed by atoms with Crippen molar-refractivity contribution in [3.05, 3.63) is 59.9 Å². The van der Waals surface area contributed by atoms with E-state index in [0.717, 1.165) is 47.3 Å². The van der Waals surface area contributed by atoms with Crippen LogP contribution < -0.4 is 5.32 Å². The van der Waals surface area contributed by atoms with Crippen molar-refractivity contribution in [3.8, 4) is 11.4 Å². The molecule has 0 aliphatic carbocycles. The highest BCUT2D eigenvalue weighted by molar-refractivity contribution is 7.89. The number of carbonyl (C=O) groups excluding carboxylic acids is 1. The smallest absolute Gasteiger partial charge is 0.255 e. The first-order valence-corrected chi connectivity index (χ1v) is 11.7. The van der Waals surface area contributed by atoms with Gasteiger partial charge in [-0.15, -0.1) is 10.2 Å². The molecule has 0 unspecified atom stereocenters. The lowest BCUT2D eigenvalue weighted by Crippen LogP contribution is -2.22. The maximum Gasteiger partial charge on any atom is 0.255 e. The summed E-state index contributed by atoms with van der Waals surface area (Å²) in [4.78, 5) is 12.7. The number of sulfonamides is 1. The SMILES string of the molecule is CN(C)S(=O)(=O)c1ccc(C(=O)Nc2ccc(-c3nnc4n3CCCCC4)cc2)cc1. The molecule has 0 fully saturated rings. The van der Waals surface area contributed by atoms with Gasteiger partial charge in [0.15, 0.2) is 5.82 Å². The van der Waals surface area contributed by atoms with Crippen LogP contribution in [-0.2, 0) is 23.0 Å². The van der Waals surface area contributed by atoms with Crippen LogP contribution in [0.1, 0.15) is 35.4 Å². The van der Waals surface area contributed by atoms with Gasteiger partial charge < -0.3 is 9.88 Å². The summed E-state index contributed by atoms with van der Waals surface area (Å²) in [6, 6.07) is 13.4. The largest absolute Gasteiger partial charge is 0.322 e. The summed E-state index contributed by atoms with van der Waals surface area (Å²) < 4.78 is 27.6. The zero-order valence-electron chi connectivity index (χ0n) is 17.6. The average molecular weight is 440 g/mol. The molecule has 0 radical (unpaired) electrons. The Bertz CT molecular complexity index is 1180. The number of carbonyl (C=O) groups is 1. The molecule has 1 amide bonds. The van der Waals surface area contributed by atoms with E-state index >= 15 is 0 Å². The summed E-state index contributed by atoms with van der Waals surface area (Å²) in [6.45, 7) is 0.926. The highest BCUT2D eigenvalue weighted by atomic mass is 32.2. The molecule has 0 saturated heterocycles. The van der Waals surface area contributed by atoms with Crippen LogP contribution in [0.2, 0.25) is 0 Å². The third-order valence-electron chi connectivity index (χ3n) is 5.41. The molecule has 0 saturated carbocycles. The Morgan fingerprint density at radius 2 is 1.68 bits per heavy atom. The maximum absolute atomic E-state index is 12.6. The molecular weight excluding hydrogens is 414 g/mol. The first kappa shape index (κ1) is 21.2. The average Bonchev–Trinajstić information content (AvgIpc) is 3.02. The molecule has 0 atom stereocenters. The molecule has 1 aliphatic heterocycles. The number of nitrogens with one attached hydrogen (secondary N) is 1. The Labute approximate surface area is 182 Å². The Hall–Kier alpha value is -3.04. The number of anilines is 1. The summed E-state index contributed by atoms with van der Waals surface area (Å²) in [6.07, 6.45) is 4.43. The fraction of sp³-hybridized carbons (Fsp3) is 0.318. The van der Waals surface area contributed by atoms with Crippen LogP contribution in [0.5, 0.6) is 0 Å². The highest BCUT2D eigenvalue weighted by Gasteiger charge is 2.18. The fourth-order valence-corrected chi connectivity index (χ4v) is 4.50. The number of benzene rings is 2. The summed E-state index contributed by atoms with van der Waals surface area (Å²) in [5, 5.41) is 11.5. The van der Waals surface area contributed by atoms with Crippen LogP contribution in [0.4, 0.5) is 5.69 Å². The fourth-order valence-electron chi connectivity index (χ4n) is 3.59. The van der Waals surface area contributed by atoms with Crippen LogP contribution >= 0.6 is 0 Å². The van der Waals surface area contributed by atoms with E-state index < -0.39 is 10.0 Å². The van der Waals surface area contributed by atoms with Crippen molar-refractivity contribution in [1.29, 1.82) is 0 Å². The number of aromatic nitrogens is 3. The first-order valence-electron chi connectivity index (χ1n) is 10.2. The molecule has 1 aromatic heterocycles. The normalized spacial score (nSPS) is 14.2. The number of rotatable bonds is 5. The molecule has 162 valence electrons. The van der Waals surface area contributed by atoms with Crippen molar-refractivity contribution in [2.45, 2.75) is 37.1 Å². The van der Waals surface area contributed by atoms with Gasteiger partial charge in [-0.05, 0) is 61.4 Å². The number of nitrogens with zero attached hydrogens (tertiary/aromatic N) is 4. The van der Waals surface area contributed by atoms with Gasteiger partial charge >= 0.3 is 0 Å². The van der Waals surface area contributed by atoms with E-state index in [1.165, 1.54) is 44.8 Å². The minimum absolute atomic E-state index is 0.144. The number of amides is 1. The van der Waals surface area contributed by atoms with Crippen LogP contribution in [0.3, 0.4) is 0 Å². The molecular formula is C22H25N5O3S. The summed E-state index contributed by atoms with van der Waals surface area (Å²) in [5.74, 6) is 1.58. The van der Waals surface area contributed by atoms with Crippen LogP contribution in [0.25, 0.3) is 11.4 Å². The van der Waals surface area contributed by atoms with Crippen molar-refractivity contribution in [2.75, 3.05) is 19.4 Å². The van der Waals surface area contributed by atoms with Gasteiger partial charge in [-0.25, -0.2) is 12.7 Å². The second kappa shape index (κ2) is 8.60. The lowest BCUT2D eigenvalue weighted by atomic mass is 10.1. The highest BCUT2D eigenvalue weighted by Crippen LogP contribution is 2.24. The predicted octanol–water partition coefficient (Wildman–Crippen LogP) is 3.17. The number of aryl methyl sites for hydroxylation is 1. The van der Waals surface area contributed by atoms with Gasteiger partial charge in [-0.2, -0.15) is 0 Å². The van der Waals surface area contributed by atoms with Crippen molar-refractivity contribution >= 4 is 21.6 Å². The predicted molar refractivity (Wildman–Crippen MR) is 118 cm³/mol. The second-order valence-electron chi connectivity index (χ2n) is 7.75. The lowest BCUT2D eigenvalue weighted by Gasteiger charge is -2.12. The standard InChI is InChI=1S/C22H25N5O3S/c1-26(2)31(29,30)19-13-9-17(10-14-19)22(28)23-18-11-7-16(8-12-18)21-25-24-20-6-4-3-5-15-27(20)21/h7-14H,3-6,15H2,1-2H3,(H,23,28). The van der Waals surface area contributed by atoms with Gasteiger partial charge in [0.2, 0.25) is 10.0 Å². The van der Waals surface area contributed by atoms with Crippen LogP contribution in [-0.4, -0.2) is 47.5 Å². The monoisotopic (exact) mass is 439 g/mol. The molecule has 8 nitrogen and oxygen atoms in total. The second-order valence-corrected chi connectivity index (χ2v) is 9.90. The Balaban J connectivity index is 1.47. The van der Waals surface area contributed by atoms with Gasteiger partial charge in [-0.3, -0.25) is 4.79 Å². The molecule has 4 rings (SSSR count). The topological polar surface area (TPSA) is 97.2 Å². The Morgan fingerprint density at radius 3 is 2.35 bits per heavy atom. The molecule has 0 bridgehead atoms. The molecule has 2 heterocycles. The van der Waals surface area contributed by atoms with Crippen molar-refractivity contribution in [1.82, 2.24) is 19.1 Å². The maximum atomic E-state index is 12.6. The van der Waals surface area contributed by atoms with Gasteiger partial charge in [0.1, 0.15) is 5.82 Å². The van der Waals surface area contributed by atoms with E-state index in [2.05, 4.69) is 20.1 Å². The minimum Gasteiger partial charge on any atom is -0.322 e. The number of hydrogen-bond acceptors (Lipinski definition) is 5. The summed E-state index contributed by atoms with van der Waals surface area (Å²) in [7, 11) is -0.587. The van der Waals surface area contributed by atoms with E-state index in [4.69, 9.17) is 0 Å². The first-order chi connectivity index (χ1) is 14.9. The summed E-state index contributed by atoms with van der Waals surface area (Å²) in [5.41, 5.74) is 1.98. The Morgan fingerprint density at radius 1 is 0.968 bits per heavy atom. The quantitative estimate of drug-likeness (QED) is 0.659. The van der Waals surface area contributed by atoms with Crippen LogP contribution in [0, 0.1) is 0 Å². The third-order valence-corrected chi connectivity index (χ3v) is 7.23. The number of fused-ring (bicyclic) bond motifs is 1. The zero-order chi connectivity index (χ0) is 22.0. The molecule has 9 heteroatoms. The van der Waals surface area contributed by atoms with Gasteiger partial charge in [0, 0.05) is 43.9 Å². The molecule has 3 aromatic rings. The van der Waals surface area contributed by atoms with E-state index in [-0.39, 0.29) is 10.8 Å². The Kier molecular flexibility index (Phi) is 5.88. The molecule has 2 aromatic carbocycles. The zero-order valence-corrected chi connectivity index (χ0v) is 18.4. The molecule has 31 heavy (non-hydrogen) atoms.